The number of aliphatic imine (C=N–C) groups is 1. The average Bonchev–Trinajstić information content (AvgIpc) is 2.55. The van der Waals surface area contributed by atoms with Gasteiger partial charge in [-0.25, -0.2) is 9.79 Å². The zero-order valence-electron chi connectivity index (χ0n) is 12.9. The number of nitriles is 1. The van der Waals surface area contributed by atoms with Gasteiger partial charge in [-0.1, -0.05) is 15.9 Å². The summed E-state index contributed by atoms with van der Waals surface area (Å²) in [7, 11) is 1.33. The van der Waals surface area contributed by atoms with Crippen LogP contribution in [0.2, 0.25) is 0 Å². The Bertz CT molecular complexity index is 924. The SMILES string of the molecule is Cc1c(C=NC(=O)Nc2ccc(Br)cc2)c(O)n(C)c(=O)c1C#N. The zero-order chi connectivity index (χ0) is 17.9. The van der Waals surface area contributed by atoms with E-state index in [2.05, 4.69) is 26.2 Å². The Hall–Kier alpha value is -2.92. The number of hydrogen-bond acceptors (Lipinski definition) is 4. The van der Waals surface area contributed by atoms with E-state index in [1.165, 1.54) is 14.0 Å². The van der Waals surface area contributed by atoms with Crippen molar-refractivity contribution in [3.63, 3.8) is 0 Å². The summed E-state index contributed by atoms with van der Waals surface area (Å²) < 4.78 is 1.80. The molecule has 0 atom stereocenters. The van der Waals surface area contributed by atoms with E-state index in [1.54, 1.807) is 30.3 Å². The Morgan fingerprint density at radius 2 is 2.04 bits per heavy atom. The monoisotopic (exact) mass is 388 g/mol. The fourth-order valence-electron chi connectivity index (χ4n) is 2.01. The van der Waals surface area contributed by atoms with Crippen molar-refractivity contribution >= 4 is 33.9 Å². The van der Waals surface area contributed by atoms with E-state index in [-0.39, 0.29) is 22.6 Å². The highest BCUT2D eigenvalue weighted by molar-refractivity contribution is 9.10. The van der Waals surface area contributed by atoms with Crippen LogP contribution in [0.4, 0.5) is 10.5 Å². The van der Waals surface area contributed by atoms with Crippen LogP contribution in [0.3, 0.4) is 0 Å². The normalized spacial score (nSPS) is 10.6. The Balaban J connectivity index is 2.30. The highest BCUT2D eigenvalue weighted by Crippen LogP contribution is 2.19. The molecule has 8 heteroatoms. The number of pyridine rings is 1. The van der Waals surface area contributed by atoms with Crippen LogP contribution in [-0.4, -0.2) is 21.9 Å². The van der Waals surface area contributed by atoms with Crippen molar-refractivity contribution in [3.05, 3.63) is 55.8 Å². The van der Waals surface area contributed by atoms with E-state index < -0.39 is 11.6 Å². The number of nitrogens with zero attached hydrogens (tertiary/aromatic N) is 3. The highest BCUT2D eigenvalue weighted by Gasteiger charge is 2.15. The van der Waals surface area contributed by atoms with Gasteiger partial charge >= 0.3 is 6.03 Å². The van der Waals surface area contributed by atoms with Crippen LogP contribution >= 0.6 is 15.9 Å². The predicted molar refractivity (Wildman–Crippen MR) is 93.6 cm³/mol. The van der Waals surface area contributed by atoms with Crippen LogP contribution in [0.15, 0.2) is 38.5 Å². The van der Waals surface area contributed by atoms with Crippen LogP contribution < -0.4 is 10.9 Å². The lowest BCUT2D eigenvalue weighted by molar-refractivity contribution is 0.259. The number of carbonyl (C=O) groups excluding carboxylic acids is 1. The van der Waals surface area contributed by atoms with Crippen molar-refractivity contribution in [2.24, 2.45) is 12.0 Å². The van der Waals surface area contributed by atoms with Crippen molar-refractivity contribution < 1.29 is 9.90 Å². The van der Waals surface area contributed by atoms with E-state index in [4.69, 9.17) is 5.26 Å². The van der Waals surface area contributed by atoms with Crippen LogP contribution in [0.1, 0.15) is 16.7 Å². The molecule has 0 radical (unpaired) electrons. The Kier molecular flexibility index (Phi) is 5.16. The maximum Gasteiger partial charge on any atom is 0.345 e. The molecule has 0 aliphatic rings. The van der Waals surface area contributed by atoms with Gasteiger partial charge in [0.05, 0.1) is 5.56 Å². The second kappa shape index (κ2) is 7.10. The molecule has 0 aliphatic carbocycles. The second-order valence-corrected chi connectivity index (χ2v) is 5.82. The molecule has 7 nitrogen and oxygen atoms in total. The predicted octanol–water partition coefficient (Wildman–Crippen LogP) is 2.68. The molecule has 0 aliphatic heterocycles. The maximum atomic E-state index is 11.9. The van der Waals surface area contributed by atoms with Gasteiger partial charge in [0.15, 0.2) is 0 Å². The van der Waals surface area contributed by atoms with Crippen LogP contribution in [-0.2, 0) is 7.05 Å². The second-order valence-electron chi connectivity index (χ2n) is 4.91. The molecule has 1 heterocycles. The molecule has 24 heavy (non-hydrogen) atoms. The maximum absolute atomic E-state index is 11.9. The first-order valence-corrected chi connectivity index (χ1v) is 7.57. The molecule has 0 spiro atoms. The summed E-state index contributed by atoms with van der Waals surface area (Å²) in [5, 5.41) is 21.7. The van der Waals surface area contributed by atoms with Gasteiger partial charge in [-0.15, -0.1) is 0 Å². The third kappa shape index (κ3) is 3.52. The van der Waals surface area contributed by atoms with E-state index in [0.717, 1.165) is 15.3 Å². The third-order valence-corrected chi connectivity index (χ3v) is 3.90. The number of aromatic hydroxyl groups is 1. The Morgan fingerprint density at radius 1 is 1.42 bits per heavy atom. The van der Waals surface area contributed by atoms with Gasteiger partial charge in [-0.05, 0) is 36.8 Å². The molecule has 0 fully saturated rings. The largest absolute Gasteiger partial charge is 0.494 e. The summed E-state index contributed by atoms with van der Waals surface area (Å²) in [4.78, 5) is 27.4. The number of carbonyl (C=O) groups is 1. The molecule has 1 aromatic carbocycles. The first-order chi connectivity index (χ1) is 11.3. The van der Waals surface area contributed by atoms with Gasteiger partial charge in [-0.2, -0.15) is 5.26 Å². The standard InChI is InChI=1S/C16H13BrN4O3/c1-9-12(7-18)14(22)21(2)15(23)13(9)8-19-16(24)20-11-5-3-10(17)4-6-11/h3-6,8,23H,1-2H3,(H,20,24). The van der Waals surface area contributed by atoms with Crippen molar-refractivity contribution in [1.29, 1.82) is 5.26 Å². The summed E-state index contributed by atoms with van der Waals surface area (Å²) in [6.45, 7) is 1.51. The molecular formula is C16H13BrN4O3. The highest BCUT2D eigenvalue weighted by atomic mass is 79.9. The minimum atomic E-state index is -0.650. The lowest BCUT2D eigenvalue weighted by atomic mass is 10.1. The third-order valence-electron chi connectivity index (χ3n) is 3.37. The molecule has 2 aromatic rings. The summed E-state index contributed by atoms with van der Waals surface area (Å²) in [5.74, 6) is -0.364. The fourth-order valence-corrected chi connectivity index (χ4v) is 2.27. The lowest BCUT2D eigenvalue weighted by Crippen LogP contribution is -2.22. The molecule has 0 saturated heterocycles. The number of aromatic nitrogens is 1. The number of amides is 2. The number of benzene rings is 1. The van der Waals surface area contributed by atoms with Gasteiger partial charge in [0.25, 0.3) is 5.56 Å². The number of hydrogen-bond donors (Lipinski definition) is 2. The number of halogens is 1. The first-order valence-electron chi connectivity index (χ1n) is 6.78. The molecule has 0 saturated carbocycles. The summed E-state index contributed by atoms with van der Waals surface area (Å²) in [6.07, 6.45) is 1.12. The first kappa shape index (κ1) is 17.4. The van der Waals surface area contributed by atoms with Crippen LogP contribution in [0, 0.1) is 18.3 Å². The Labute approximate surface area is 146 Å². The van der Waals surface area contributed by atoms with Crippen molar-refractivity contribution in [3.8, 4) is 11.9 Å². The lowest BCUT2D eigenvalue weighted by Gasteiger charge is -2.09. The zero-order valence-corrected chi connectivity index (χ0v) is 14.5. The van der Waals surface area contributed by atoms with Crippen LogP contribution in [0.25, 0.3) is 0 Å². The van der Waals surface area contributed by atoms with E-state index in [0.29, 0.717) is 5.69 Å². The molecule has 1 aromatic heterocycles. The van der Waals surface area contributed by atoms with Gasteiger partial charge in [-0.3, -0.25) is 9.36 Å². The van der Waals surface area contributed by atoms with Crippen molar-refractivity contribution in [1.82, 2.24) is 4.57 Å². The Morgan fingerprint density at radius 3 is 2.62 bits per heavy atom. The molecule has 122 valence electrons. The molecule has 2 N–H and O–H groups in total. The van der Waals surface area contributed by atoms with Crippen molar-refractivity contribution in [2.75, 3.05) is 5.32 Å². The summed E-state index contributed by atoms with van der Waals surface area (Å²) in [5.41, 5.74) is 0.242. The number of anilines is 1. The number of nitrogens with one attached hydrogen (secondary N) is 1. The molecule has 2 rings (SSSR count). The van der Waals surface area contributed by atoms with E-state index >= 15 is 0 Å². The quantitative estimate of drug-likeness (QED) is 0.770. The molecule has 2 amide bonds. The van der Waals surface area contributed by atoms with Gasteiger partial charge < -0.3 is 10.4 Å². The van der Waals surface area contributed by atoms with Crippen LogP contribution in [0.5, 0.6) is 5.88 Å². The minimum Gasteiger partial charge on any atom is -0.494 e. The summed E-state index contributed by atoms with van der Waals surface area (Å²) >= 11 is 3.29. The van der Waals surface area contributed by atoms with Gasteiger partial charge in [0, 0.05) is 23.4 Å². The van der Waals surface area contributed by atoms with Gasteiger partial charge in [0.1, 0.15) is 11.6 Å². The number of urea groups is 1. The van der Waals surface area contributed by atoms with E-state index in [1.807, 2.05) is 0 Å². The van der Waals surface area contributed by atoms with Gasteiger partial charge in [0.2, 0.25) is 5.88 Å². The topological polar surface area (TPSA) is 107 Å². The molecule has 0 unspecified atom stereocenters. The van der Waals surface area contributed by atoms with Crippen molar-refractivity contribution in [2.45, 2.75) is 6.92 Å². The minimum absolute atomic E-state index is 0.106. The fraction of sp³-hybridized carbons (Fsp3) is 0.125. The molecule has 0 bridgehead atoms. The average molecular weight is 389 g/mol. The molecular weight excluding hydrogens is 376 g/mol. The number of rotatable bonds is 2. The van der Waals surface area contributed by atoms with E-state index in [9.17, 15) is 14.7 Å². The summed E-state index contributed by atoms with van der Waals surface area (Å²) in [6, 6.07) is 8.06. The smallest absolute Gasteiger partial charge is 0.345 e.